The Morgan fingerprint density at radius 3 is 1.92 bits per heavy atom. The van der Waals surface area contributed by atoms with Crippen LogP contribution < -0.4 is 0 Å². The van der Waals surface area contributed by atoms with Gasteiger partial charge in [0.05, 0.1) is 38.1 Å². The van der Waals surface area contributed by atoms with Gasteiger partial charge in [0.2, 0.25) is 0 Å². The van der Waals surface area contributed by atoms with Crippen LogP contribution in [0.1, 0.15) is 120 Å². The van der Waals surface area contributed by atoms with Gasteiger partial charge in [-0.05, 0) is 114 Å². The number of rotatable bonds is 18. The van der Waals surface area contributed by atoms with Crippen molar-refractivity contribution < 1.29 is 130 Å². The van der Waals surface area contributed by atoms with E-state index in [4.69, 9.17) is 56.3 Å². The number of carbonyl (C=O) groups excluding carboxylic acids is 2. The molecular formula is C56H90O27S. The highest BCUT2D eigenvalue weighted by Crippen LogP contribution is 2.76. The first-order valence-corrected chi connectivity index (χ1v) is 30.7. The van der Waals surface area contributed by atoms with Crippen molar-refractivity contribution >= 4 is 22.3 Å². The normalized spacial score (nSPS) is 49.4. The molecule has 11 N–H and O–H groups in total. The third-order valence-corrected chi connectivity index (χ3v) is 21.5. The molecule has 0 amide bonds. The van der Waals surface area contributed by atoms with E-state index in [9.17, 15) is 73.6 Å². The van der Waals surface area contributed by atoms with Crippen molar-refractivity contribution in [2.45, 2.75) is 260 Å². The zero-order valence-electron chi connectivity index (χ0n) is 49.3. The summed E-state index contributed by atoms with van der Waals surface area (Å²) in [5.41, 5.74) is -3.45. The molecule has 0 aromatic rings. The summed E-state index contributed by atoms with van der Waals surface area (Å²) in [6.45, 7) is 14.7. The molecule has 28 heteroatoms. The maximum Gasteiger partial charge on any atom is 0.397 e. The highest BCUT2D eigenvalue weighted by molar-refractivity contribution is 7.80. The standard InChI is InChI=1S/C56H90O27S/c1-24-42(78-48-41(67)44(36(62)29(22-58)76-48)79-47-40(66)43(72-10)35(61)28(21-57)75-47)38(64)39(65)46(74-24)80-45-37(63)30(83-84(69,70)71)23-73-49(45)77-34-15-18-53(7)27-20-33(60)56-32(14-19-54(56,8)26(27)12-13-31(53)52(34,5)6)55(9,82-50(56)68)17-11-16-51(3,4)81-25(2)59/h20,24,26,28-49,57-58,60-67H,11-19,21-23H2,1-10H3,(H,69,70,71). The number of allylic oxidation sites excluding steroid dienone is 1. The Balaban J connectivity index is 0.898. The Kier molecular flexibility index (Phi) is 19.1. The van der Waals surface area contributed by atoms with Gasteiger partial charge in [0.15, 0.2) is 25.2 Å². The van der Waals surface area contributed by atoms with Crippen LogP contribution in [0, 0.1) is 39.4 Å². The van der Waals surface area contributed by atoms with Gasteiger partial charge < -0.3 is 103 Å². The van der Waals surface area contributed by atoms with Gasteiger partial charge in [0.25, 0.3) is 0 Å². The fourth-order valence-electron chi connectivity index (χ4n) is 16.9. The van der Waals surface area contributed by atoms with Crippen LogP contribution in [-0.2, 0) is 76.3 Å². The molecule has 5 aliphatic heterocycles. The summed E-state index contributed by atoms with van der Waals surface area (Å²) in [5, 5.41) is 112. The summed E-state index contributed by atoms with van der Waals surface area (Å²) in [4.78, 5) is 26.4. The molecule has 3 saturated carbocycles. The summed E-state index contributed by atoms with van der Waals surface area (Å²) in [6, 6.07) is 0. The van der Waals surface area contributed by atoms with Crippen molar-refractivity contribution in [2.24, 2.45) is 39.4 Å². The van der Waals surface area contributed by atoms with Gasteiger partial charge in [-0.15, -0.1) is 0 Å². The molecule has 28 atom stereocenters. The molecule has 482 valence electrons. The van der Waals surface area contributed by atoms with Gasteiger partial charge in [-0.3, -0.25) is 14.1 Å². The van der Waals surface area contributed by atoms with Crippen LogP contribution in [0.5, 0.6) is 0 Å². The van der Waals surface area contributed by atoms with Crippen molar-refractivity contribution in [1.82, 2.24) is 0 Å². The van der Waals surface area contributed by atoms with Crippen LogP contribution in [0.4, 0.5) is 0 Å². The lowest BCUT2D eigenvalue weighted by molar-refractivity contribution is -0.389. The lowest BCUT2D eigenvalue weighted by atomic mass is 9.40. The zero-order chi connectivity index (χ0) is 61.8. The molecule has 9 aliphatic rings. The van der Waals surface area contributed by atoms with E-state index in [-0.39, 0.29) is 29.7 Å². The van der Waals surface area contributed by atoms with Gasteiger partial charge in [-0.2, -0.15) is 8.42 Å². The molecule has 0 radical (unpaired) electrons. The second-order valence-corrected chi connectivity index (χ2v) is 27.8. The monoisotopic (exact) mass is 1230 g/mol. The minimum atomic E-state index is -5.19. The van der Waals surface area contributed by atoms with Crippen LogP contribution in [0.2, 0.25) is 0 Å². The van der Waals surface area contributed by atoms with E-state index >= 15 is 0 Å². The fraction of sp³-hybridized carbons (Fsp3) is 0.929. The first-order valence-electron chi connectivity index (χ1n) is 29.3. The minimum Gasteiger partial charge on any atom is -0.460 e. The minimum absolute atomic E-state index is 0.0623. The SMILES string of the molecule is COC1C(O)C(CO)OC(OC2C(O)C(CO)OC(OC3C(C)OC(OC4C(OC5CCC6(C)C7=CC(O)C89C(=O)OC(C)(CCCC(C)(C)OC(C)=O)C8CCC9(C)C7CCC6C5(C)C)OCC(OS(=O)(=O)O)C4O)C(O)C3O)C2O)C1O. The quantitative estimate of drug-likeness (QED) is 0.0345. The van der Waals surface area contributed by atoms with Gasteiger partial charge in [-0.1, -0.05) is 39.3 Å². The lowest BCUT2D eigenvalue weighted by Crippen LogP contribution is -2.67. The van der Waals surface area contributed by atoms with Crippen LogP contribution >= 0.6 is 0 Å². The number of aliphatic hydroxyl groups is 10. The zero-order valence-corrected chi connectivity index (χ0v) is 50.1. The molecule has 84 heavy (non-hydrogen) atoms. The molecule has 27 nitrogen and oxygen atoms in total. The molecule has 28 unspecified atom stereocenters. The Labute approximate surface area is 489 Å². The highest BCUT2D eigenvalue weighted by Gasteiger charge is 2.79. The van der Waals surface area contributed by atoms with Crippen molar-refractivity contribution in [2.75, 3.05) is 26.9 Å². The highest BCUT2D eigenvalue weighted by atomic mass is 32.3. The summed E-state index contributed by atoms with van der Waals surface area (Å²) in [7, 11) is -4.01. The molecular weight excluding hydrogens is 1140 g/mol. The lowest BCUT2D eigenvalue weighted by Gasteiger charge is -2.64. The van der Waals surface area contributed by atoms with Gasteiger partial charge >= 0.3 is 22.3 Å². The second-order valence-electron chi connectivity index (χ2n) is 26.8. The van der Waals surface area contributed by atoms with E-state index in [2.05, 4.69) is 27.7 Å². The number of ether oxygens (including phenoxy) is 11. The van der Waals surface area contributed by atoms with Crippen LogP contribution in [0.15, 0.2) is 11.6 Å². The van der Waals surface area contributed by atoms with Gasteiger partial charge in [0, 0.05) is 20.0 Å². The number of carbonyl (C=O) groups is 2. The van der Waals surface area contributed by atoms with Crippen LogP contribution in [-0.4, -0.2) is 243 Å². The average Bonchev–Trinajstić information content (AvgIpc) is 1.44. The van der Waals surface area contributed by atoms with E-state index in [1.807, 2.05) is 26.8 Å². The number of hydrogen-bond acceptors (Lipinski definition) is 26. The van der Waals surface area contributed by atoms with Gasteiger partial charge in [0.1, 0.15) is 102 Å². The summed E-state index contributed by atoms with van der Waals surface area (Å²) >= 11 is 0. The van der Waals surface area contributed by atoms with Crippen molar-refractivity contribution in [3.8, 4) is 0 Å². The molecule has 0 aromatic carbocycles. The molecule has 4 aliphatic carbocycles. The van der Waals surface area contributed by atoms with Crippen molar-refractivity contribution in [3.63, 3.8) is 0 Å². The number of hydrogen-bond donors (Lipinski definition) is 11. The fourth-order valence-corrected chi connectivity index (χ4v) is 17.4. The first-order chi connectivity index (χ1) is 39.1. The Morgan fingerprint density at radius 1 is 0.714 bits per heavy atom. The van der Waals surface area contributed by atoms with E-state index < -0.39 is 192 Å². The summed E-state index contributed by atoms with van der Waals surface area (Å²) < 4.78 is 104. The van der Waals surface area contributed by atoms with E-state index in [1.54, 1.807) is 0 Å². The molecule has 8 fully saturated rings. The Hall–Kier alpha value is -2.21. The molecule has 0 bridgehead atoms. The third kappa shape index (κ3) is 11.5. The number of aliphatic hydroxyl groups excluding tert-OH is 10. The average molecular weight is 1230 g/mol. The van der Waals surface area contributed by atoms with E-state index in [0.717, 1.165) is 5.57 Å². The topological polar surface area (TPSA) is 402 Å². The molecule has 0 aromatic heterocycles. The van der Waals surface area contributed by atoms with E-state index in [0.29, 0.717) is 57.8 Å². The van der Waals surface area contributed by atoms with Crippen LogP contribution in [0.3, 0.4) is 0 Å². The molecule has 1 spiro atoms. The maximum atomic E-state index is 14.6. The smallest absolute Gasteiger partial charge is 0.397 e. The van der Waals surface area contributed by atoms with Crippen LogP contribution in [0.25, 0.3) is 0 Å². The molecule has 5 saturated heterocycles. The maximum absolute atomic E-state index is 14.6. The molecule has 5 heterocycles. The Bertz CT molecular complexity index is 2500. The second kappa shape index (κ2) is 24.2. The van der Waals surface area contributed by atoms with E-state index in [1.165, 1.54) is 21.0 Å². The number of methoxy groups -OCH3 is 1. The summed E-state index contributed by atoms with van der Waals surface area (Å²) in [5.74, 6) is -1.16. The number of cyclic esters (lactones) is 1. The van der Waals surface area contributed by atoms with Crippen molar-refractivity contribution in [3.05, 3.63) is 11.6 Å². The predicted molar refractivity (Wildman–Crippen MR) is 283 cm³/mol. The Morgan fingerprint density at radius 2 is 1.31 bits per heavy atom. The summed E-state index contributed by atoms with van der Waals surface area (Å²) in [6.07, 6.45) is -26.6. The largest absolute Gasteiger partial charge is 0.460 e. The number of esters is 2. The number of fused-ring (bicyclic) bond motifs is 4. The molecule has 9 rings (SSSR count). The third-order valence-electron chi connectivity index (χ3n) is 21.0. The van der Waals surface area contributed by atoms with Gasteiger partial charge in [-0.25, -0.2) is 4.18 Å². The van der Waals surface area contributed by atoms with Crippen molar-refractivity contribution in [1.29, 1.82) is 0 Å². The predicted octanol–water partition coefficient (Wildman–Crippen LogP) is -0.824. The first kappa shape index (κ1) is 66.2.